The summed E-state index contributed by atoms with van der Waals surface area (Å²) in [5.41, 5.74) is 3.50. The predicted octanol–water partition coefficient (Wildman–Crippen LogP) is 5.73. The molecule has 0 unspecified atom stereocenters. The molecule has 0 aliphatic carbocycles. The number of rotatable bonds is 11. The highest BCUT2D eigenvalue weighted by molar-refractivity contribution is 5.80. The molecular formula is C24H33NO2. The van der Waals surface area contributed by atoms with E-state index < -0.39 is 0 Å². The highest BCUT2D eigenvalue weighted by atomic mass is 16.5. The molecule has 0 atom stereocenters. The van der Waals surface area contributed by atoms with Crippen LogP contribution in [0.15, 0.2) is 54.6 Å². The Bertz CT molecular complexity index is 685. The number of ether oxygens (including phenoxy) is 1. The zero-order chi connectivity index (χ0) is 19.5. The first kappa shape index (κ1) is 21.0. The summed E-state index contributed by atoms with van der Waals surface area (Å²) in [5, 5.41) is 9.58. The van der Waals surface area contributed by atoms with Gasteiger partial charge < -0.3 is 14.7 Å². The van der Waals surface area contributed by atoms with Gasteiger partial charge in [0.05, 0.1) is 0 Å². The molecule has 3 nitrogen and oxygen atoms in total. The summed E-state index contributed by atoms with van der Waals surface area (Å²) in [6, 6.07) is 15.8. The van der Waals surface area contributed by atoms with Gasteiger partial charge in [-0.1, -0.05) is 64.0 Å². The Morgan fingerprint density at radius 3 is 2.07 bits per heavy atom. The molecule has 0 saturated carbocycles. The van der Waals surface area contributed by atoms with Gasteiger partial charge in [-0.2, -0.15) is 0 Å². The van der Waals surface area contributed by atoms with E-state index in [1.807, 2.05) is 24.3 Å². The molecule has 0 aromatic heterocycles. The van der Waals surface area contributed by atoms with Crippen molar-refractivity contribution in [2.24, 2.45) is 0 Å². The van der Waals surface area contributed by atoms with Gasteiger partial charge in [-0.3, -0.25) is 0 Å². The van der Waals surface area contributed by atoms with Gasteiger partial charge in [-0.05, 0) is 60.5 Å². The minimum Gasteiger partial charge on any atom is -0.508 e. The van der Waals surface area contributed by atoms with Crippen molar-refractivity contribution in [1.29, 1.82) is 0 Å². The molecule has 146 valence electrons. The van der Waals surface area contributed by atoms with Gasteiger partial charge in [-0.15, -0.1) is 0 Å². The third kappa shape index (κ3) is 6.76. The highest BCUT2D eigenvalue weighted by Gasteiger charge is 2.06. The van der Waals surface area contributed by atoms with Crippen LogP contribution in [-0.2, 0) is 0 Å². The fourth-order valence-electron chi connectivity index (χ4n) is 3.06. The van der Waals surface area contributed by atoms with E-state index in [-0.39, 0.29) is 0 Å². The van der Waals surface area contributed by atoms with Crippen molar-refractivity contribution in [2.75, 3.05) is 26.2 Å². The molecule has 27 heavy (non-hydrogen) atoms. The summed E-state index contributed by atoms with van der Waals surface area (Å²) in [7, 11) is 0. The smallest absolute Gasteiger partial charge is 0.119 e. The number of nitrogens with zero attached hydrogens (tertiary/aromatic N) is 1. The predicted molar refractivity (Wildman–Crippen MR) is 114 cm³/mol. The van der Waals surface area contributed by atoms with E-state index in [0.717, 1.165) is 37.4 Å². The number of benzene rings is 2. The quantitative estimate of drug-likeness (QED) is 0.514. The lowest BCUT2D eigenvalue weighted by Crippen LogP contribution is -2.27. The summed E-state index contributed by atoms with van der Waals surface area (Å²) >= 11 is 0. The second-order valence-electron chi connectivity index (χ2n) is 6.71. The summed E-state index contributed by atoms with van der Waals surface area (Å²) in [6.07, 6.45) is 5.70. The summed E-state index contributed by atoms with van der Waals surface area (Å²) in [6.45, 7) is 10.3. The van der Waals surface area contributed by atoms with E-state index >= 15 is 0 Å². The second kappa shape index (κ2) is 11.5. The van der Waals surface area contributed by atoms with Crippen LogP contribution < -0.4 is 4.74 Å². The van der Waals surface area contributed by atoms with E-state index in [1.54, 1.807) is 12.1 Å². The number of allylic oxidation sites excluding steroid dienone is 1. The number of unbranched alkanes of at least 4 members (excludes halogenated alkanes) is 2. The summed E-state index contributed by atoms with van der Waals surface area (Å²) < 4.78 is 5.90. The number of hydrogen-bond acceptors (Lipinski definition) is 3. The van der Waals surface area contributed by atoms with Crippen molar-refractivity contribution in [1.82, 2.24) is 4.90 Å². The molecule has 0 amide bonds. The first-order chi connectivity index (χ1) is 13.2. The van der Waals surface area contributed by atoms with Crippen LogP contribution in [0.1, 0.15) is 51.2 Å². The van der Waals surface area contributed by atoms with Crippen LogP contribution in [0.5, 0.6) is 11.5 Å². The SMILES string of the molecule is CCCC/C=C(\c1ccc(O)cc1)c1ccc(OCCN(CC)CC)cc1. The number of phenols is 1. The monoisotopic (exact) mass is 367 g/mol. The Morgan fingerprint density at radius 1 is 0.926 bits per heavy atom. The minimum atomic E-state index is 0.295. The van der Waals surface area contributed by atoms with Crippen LogP contribution in [-0.4, -0.2) is 36.2 Å². The maximum Gasteiger partial charge on any atom is 0.119 e. The average molecular weight is 368 g/mol. The number of hydrogen-bond donors (Lipinski definition) is 1. The van der Waals surface area contributed by atoms with Gasteiger partial charge in [0.1, 0.15) is 18.1 Å². The largest absolute Gasteiger partial charge is 0.508 e. The zero-order valence-corrected chi connectivity index (χ0v) is 16.9. The van der Waals surface area contributed by atoms with Crippen LogP contribution in [0.2, 0.25) is 0 Å². The highest BCUT2D eigenvalue weighted by Crippen LogP contribution is 2.27. The molecule has 1 N–H and O–H groups in total. The topological polar surface area (TPSA) is 32.7 Å². The van der Waals surface area contributed by atoms with E-state index in [9.17, 15) is 5.11 Å². The summed E-state index contributed by atoms with van der Waals surface area (Å²) in [5.74, 6) is 1.20. The van der Waals surface area contributed by atoms with Crippen LogP contribution in [0.25, 0.3) is 5.57 Å². The number of aromatic hydroxyl groups is 1. The van der Waals surface area contributed by atoms with Crippen LogP contribution in [0.3, 0.4) is 0 Å². The maximum atomic E-state index is 9.58. The van der Waals surface area contributed by atoms with Gasteiger partial charge >= 0.3 is 0 Å². The van der Waals surface area contributed by atoms with Crippen LogP contribution >= 0.6 is 0 Å². The minimum absolute atomic E-state index is 0.295. The third-order valence-corrected chi connectivity index (χ3v) is 4.82. The molecule has 2 aromatic carbocycles. The molecule has 0 fully saturated rings. The Kier molecular flexibility index (Phi) is 8.93. The Balaban J connectivity index is 2.09. The molecule has 3 heteroatoms. The number of likely N-dealkylation sites (N-methyl/N-ethyl adjacent to an activating group) is 1. The Labute approximate surface area is 164 Å². The standard InChI is InChI=1S/C24H33NO2/c1-4-7-8-9-24(20-10-14-22(26)15-11-20)21-12-16-23(17-13-21)27-19-18-25(5-2)6-3/h9-17,26H,4-8,18-19H2,1-3H3/b24-9+. The first-order valence-electron chi connectivity index (χ1n) is 10.1. The van der Waals surface area contributed by atoms with Gasteiger partial charge in [0.2, 0.25) is 0 Å². The second-order valence-corrected chi connectivity index (χ2v) is 6.71. The van der Waals surface area contributed by atoms with Crippen molar-refractivity contribution in [3.63, 3.8) is 0 Å². The van der Waals surface area contributed by atoms with E-state index in [0.29, 0.717) is 12.4 Å². The maximum absolute atomic E-state index is 9.58. The molecular weight excluding hydrogens is 334 g/mol. The van der Waals surface area contributed by atoms with Gasteiger partial charge in [0, 0.05) is 6.54 Å². The van der Waals surface area contributed by atoms with Crippen molar-refractivity contribution in [2.45, 2.75) is 40.0 Å². The molecule has 0 heterocycles. The van der Waals surface area contributed by atoms with Crippen LogP contribution in [0.4, 0.5) is 0 Å². The van der Waals surface area contributed by atoms with E-state index in [4.69, 9.17) is 4.74 Å². The molecule has 2 aromatic rings. The lowest BCUT2D eigenvalue weighted by Gasteiger charge is -2.18. The molecule has 0 aliphatic rings. The van der Waals surface area contributed by atoms with Gasteiger partial charge in [-0.25, -0.2) is 0 Å². The van der Waals surface area contributed by atoms with Crippen molar-refractivity contribution in [3.8, 4) is 11.5 Å². The van der Waals surface area contributed by atoms with Crippen LogP contribution in [0, 0.1) is 0 Å². The Hall–Kier alpha value is -2.26. The molecule has 0 radical (unpaired) electrons. The molecule has 2 rings (SSSR count). The molecule has 0 bridgehead atoms. The van der Waals surface area contributed by atoms with Gasteiger partial charge in [0.15, 0.2) is 0 Å². The normalized spacial score (nSPS) is 11.8. The number of phenolic OH excluding ortho intramolecular Hbond substituents is 1. The fraction of sp³-hybridized carbons (Fsp3) is 0.417. The first-order valence-corrected chi connectivity index (χ1v) is 10.1. The van der Waals surface area contributed by atoms with E-state index in [1.165, 1.54) is 24.0 Å². The zero-order valence-electron chi connectivity index (χ0n) is 16.9. The lowest BCUT2D eigenvalue weighted by atomic mass is 9.96. The lowest BCUT2D eigenvalue weighted by molar-refractivity contribution is 0.223. The molecule has 0 spiro atoms. The van der Waals surface area contributed by atoms with E-state index in [2.05, 4.69) is 43.9 Å². The third-order valence-electron chi connectivity index (χ3n) is 4.82. The average Bonchev–Trinajstić information content (AvgIpc) is 2.70. The fourth-order valence-corrected chi connectivity index (χ4v) is 3.06. The molecule has 0 saturated heterocycles. The Morgan fingerprint density at radius 2 is 1.52 bits per heavy atom. The van der Waals surface area contributed by atoms with Crippen molar-refractivity contribution >= 4 is 5.57 Å². The van der Waals surface area contributed by atoms with Gasteiger partial charge in [0.25, 0.3) is 0 Å². The molecule has 0 aliphatic heterocycles. The van der Waals surface area contributed by atoms with Crippen molar-refractivity contribution < 1.29 is 9.84 Å². The summed E-state index contributed by atoms with van der Waals surface area (Å²) in [4.78, 5) is 2.35. The van der Waals surface area contributed by atoms with Crippen molar-refractivity contribution in [3.05, 3.63) is 65.7 Å².